The maximum Gasteiger partial charge on any atom is 0.274 e. The molecule has 2 aromatic carbocycles. The monoisotopic (exact) mass is 452 g/mol. The fraction of sp³-hybridized carbons (Fsp3) is 0.300. The number of piperidine rings is 1. The zero-order valence-electron chi connectivity index (χ0n) is 16.0. The minimum absolute atomic E-state index is 0.0848. The van der Waals surface area contributed by atoms with Gasteiger partial charge in [-0.15, -0.1) is 0 Å². The number of aromatic nitrogens is 1. The van der Waals surface area contributed by atoms with Crippen LogP contribution >= 0.6 is 11.3 Å². The zero-order chi connectivity index (χ0) is 21.5. The largest absolute Gasteiger partial charge is 0.467 e. The van der Waals surface area contributed by atoms with Gasteiger partial charge in [0.05, 0.1) is 9.60 Å². The highest BCUT2D eigenvalue weighted by atomic mass is 32.2. The molecule has 10 heteroatoms. The van der Waals surface area contributed by atoms with Crippen molar-refractivity contribution in [3.05, 3.63) is 53.6 Å². The van der Waals surface area contributed by atoms with Crippen molar-refractivity contribution in [1.82, 2.24) is 9.88 Å². The van der Waals surface area contributed by atoms with E-state index in [9.17, 15) is 22.0 Å². The molecule has 2 heterocycles. The lowest BCUT2D eigenvalue weighted by Gasteiger charge is -2.31. The van der Waals surface area contributed by atoms with E-state index < -0.39 is 21.5 Å². The van der Waals surface area contributed by atoms with Crippen molar-refractivity contribution in [3.8, 4) is 5.19 Å². The standard InChI is InChI=1S/C20H18F2N2O4S2/c1-30(26,27)15-4-2-12(3-5-15)19(25)24-8-6-14(7-9-24)28-20-23-18-16(22)10-13(21)11-17(18)29-20/h2-5,10-11,14H,6-9H2,1H3. The van der Waals surface area contributed by atoms with E-state index in [4.69, 9.17) is 4.74 Å². The topological polar surface area (TPSA) is 76.6 Å². The van der Waals surface area contributed by atoms with Gasteiger partial charge in [0.25, 0.3) is 11.1 Å². The second-order valence-electron chi connectivity index (χ2n) is 7.12. The van der Waals surface area contributed by atoms with Crippen LogP contribution in [0.25, 0.3) is 10.2 Å². The normalized spacial score (nSPS) is 15.5. The summed E-state index contributed by atoms with van der Waals surface area (Å²) in [4.78, 5) is 18.6. The number of amides is 1. The molecular weight excluding hydrogens is 434 g/mol. The van der Waals surface area contributed by atoms with Crippen LogP contribution in [0.1, 0.15) is 23.2 Å². The molecule has 0 saturated carbocycles. The molecule has 4 rings (SSSR count). The van der Waals surface area contributed by atoms with Crippen LogP contribution in [0.5, 0.6) is 5.19 Å². The molecular formula is C20H18F2N2O4S2. The maximum atomic E-state index is 13.8. The number of carbonyl (C=O) groups is 1. The molecule has 1 amide bonds. The molecule has 1 aliphatic rings. The number of hydrogen-bond acceptors (Lipinski definition) is 6. The molecule has 1 aliphatic heterocycles. The molecule has 1 aromatic heterocycles. The van der Waals surface area contributed by atoms with Crippen molar-refractivity contribution in [2.45, 2.75) is 23.8 Å². The van der Waals surface area contributed by atoms with Gasteiger partial charge in [-0.05, 0) is 30.3 Å². The first kappa shape index (κ1) is 20.7. The number of ether oxygens (including phenoxy) is 1. The molecule has 6 nitrogen and oxygen atoms in total. The summed E-state index contributed by atoms with van der Waals surface area (Å²) in [5.74, 6) is -1.56. The van der Waals surface area contributed by atoms with E-state index in [-0.39, 0.29) is 27.6 Å². The SMILES string of the molecule is CS(=O)(=O)c1ccc(C(=O)N2CCC(Oc3nc4c(F)cc(F)cc4s3)CC2)cc1. The van der Waals surface area contributed by atoms with Crippen LogP contribution in [-0.2, 0) is 9.84 Å². The highest BCUT2D eigenvalue weighted by Gasteiger charge is 2.26. The van der Waals surface area contributed by atoms with Gasteiger partial charge < -0.3 is 9.64 Å². The summed E-state index contributed by atoms with van der Waals surface area (Å²) < 4.78 is 56.4. The van der Waals surface area contributed by atoms with E-state index >= 15 is 0 Å². The average molecular weight is 453 g/mol. The van der Waals surface area contributed by atoms with Crippen molar-refractivity contribution in [1.29, 1.82) is 0 Å². The van der Waals surface area contributed by atoms with Crippen molar-refractivity contribution in [2.75, 3.05) is 19.3 Å². The molecule has 0 unspecified atom stereocenters. The van der Waals surface area contributed by atoms with E-state index in [0.29, 0.717) is 36.2 Å². The lowest BCUT2D eigenvalue weighted by atomic mass is 10.1. The fourth-order valence-electron chi connectivity index (χ4n) is 3.33. The molecule has 1 fully saturated rings. The van der Waals surface area contributed by atoms with Crippen LogP contribution < -0.4 is 4.74 Å². The molecule has 0 atom stereocenters. The van der Waals surface area contributed by atoms with Crippen molar-refractivity contribution in [3.63, 3.8) is 0 Å². The Hall–Kier alpha value is -2.59. The summed E-state index contributed by atoms with van der Waals surface area (Å²) in [5.41, 5.74) is 0.506. The molecule has 30 heavy (non-hydrogen) atoms. The average Bonchev–Trinajstić information content (AvgIpc) is 3.10. The Balaban J connectivity index is 1.38. The number of likely N-dealkylation sites (tertiary alicyclic amines) is 1. The van der Waals surface area contributed by atoms with Crippen LogP contribution in [0.4, 0.5) is 8.78 Å². The third-order valence-electron chi connectivity index (χ3n) is 4.92. The van der Waals surface area contributed by atoms with Gasteiger partial charge in [-0.25, -0.2) is 17.2 Å². The Morgan fingerprint density at radius 1 is 1.17 bits per heavy atom. The van der Waals surface area contributed by atoms with Gasteiger partial charge in [0.1, 0.15) is 17.4 Å². The number of fused-ring (bicyclic) bond motifs is 1. The highest BCUT2D eigenvalue weighted by molar-refractivity contribution is 7.90. The van der Waals surface area contributed by atoms with E-state index in [0.717, 1.165) is 23.7 Å². The van der Waals surface area contributed by atoms with E-state index in [1.807, 2.05) is 0 Å². The minimum Gasteiger partial charge on any atom is -0.467 e. The van der Waals surface area contributed by atoms with E-state index in [2.05, 4.69) is 4.98 Å². The smallest absolute Gasteiger partial charge is 0.274 e. The Morgan fingerprint density at radius 2 is 1.83 bits per heavy atom. The first-order valence-corrected chi connectivity index (χ1v) is 11.9. The van der Waals surface area contributed by atoms with Gasteiger partial charge in [0.15, 0.2) is 15.7 Å². The third kappa shape index (κ3) is 4.29. The van der Waals surface area contributed by atoms with Crippen molar-refractivity contribution >= 4 is 37.3 Å². The zero-order valence-corrected chi connectivity index (χ0v) is 17.6. The maximum absolute atomic E-state index is 13.8. The number of halogens is 2. The van der Waals surface area contributed by atoms with Gasteiger partial charge in [0.2, 0.25) is 0 Å². The predicted molar refractivity (Wildman–Crippen MR) is 109 cm³/mol. The van der Waals surface area contributed by atoms with Crippen LogP contribution in [0, 0.1) is 11.6 Å². The van der Waals surface area contributed by atoms with Crippen LogP contribution in [0.3, 0.4) is 0 Å². The lowest BCUT2D eigenvalue weighted by Crippen LogP contribution is -2.41. The van der Waals surface area contributed by atoms with Crippen LogP contribution in [0.2, 0.25) is 0 Å². The van der Waals surface area contributed by atoms with Crippen LogP contribution in [0.15, 0.2) is 41.3 Å². The number of hydrogen-bond donors (Lipinski definition) is 0. The Bertz CT molecular complexity index is 1200. The van der Waals surface area contributed by atoms with Gasteiger partial charge >= 0.3 is 0 Å². The van der Waals surface area contributed by atoms with Gasteiger partial charge in [-0.1, -0.05) is 11.3 Å². The van der Waals surface area contributed by atoms with Crippen molar-refractivity contribution in [2.24, 2.45) is 0 Å². The number of rotatable bonds is 4. The first-order chi connectivity index (χ1) is 14.2. The van der Waals surface area contributed by atoms with Gasteiger partial charge in [0, 0.05) is 43.8 Å². The summed E-state index contributed by atoms with van der Waals surface area (Å²) >= 11 is 1.08. The molecule has 0 aliphatic carbocycles. The summed E-state index contributed by atoms with van der Waals surface area (Å²) in [6.07, 6.45) is 2.07. The Kier molecular flexibility index (Phi) is 5.46. The highest BCUT2D eigenvalue weighted by Crippen LogP contribution is 2.32. The second-order valence-corrected chi connectivity index (χ2v) is 10.1. The predicted octanol–water partition coefficient (Wildman–Crippen LogP) is 3.66. The summed E-state index contributed by atoms with van der Waals surface area (Å²) in [6.45, 7) is 0.927. The quantitative estimate of drug-likeness (QED) is 0.604. The molecule has 0 N–H and O–H groups in total. The Morgan fingerprint density at radius 3 is 2.47 bits per heavy atom. The Labute approximate surface area is 176 Å². The van der Waals surface area contributed by atoms with E-state index in [1.165, 1.54) is 30.3 Å². The summed E-state index contributed by atoms with van der Waals surface area (Å²) in [5, 5.41) is 0.274. The number of sulfone groups is 1. The van der Waals surface area contributed by atoms with Gasteiger partial charge in [-0.2, -0.15) is 4.98 Å². The third-order valence-corrected chi connectivity index (χ3v) is 6.94. The summed E-state index contributed by atoms with van der Waals surface area (Å²) in [7, 11) is -3.31. The molecule has 3 aromatic rings. The molecule has 158 valence electrons. The molecule has 1 saturated heterocycles. The second kappa shape index (κ2) is 7.92. The first-order valence-electron chi connectivity index (χ1n) is 9.22. The lowest BCUT2D eigenvalue weighted by molar-refractivity contribution is 0.0595. The number of thiazole rings is 1. The fourth-order valence-corrected chi connectivity index (χ4v) is 4.88. The van der Waals surface area contributed by atoms with E-state index in [1.54, 1.807) is 4.90 Å². The van der Waals surface area contributed by atoms with Gasteiger partial charge in [-0.3, -0.25) is 4.79 Å². The molecule has 0 spiro atoms. The number of nitrogens with zero attached hydrogens (tertiary/aromatic N) is 2. The molecule has 0 radical (unpaired) electrons. The number of carbonyl (C=O) groups excluding carboxylic acids is 1. The van der Waals surface area contributed by atoms with Crippen LogP contribution in [-0.4, -0.2) is 49.7 Å². The molecule has 0 bridgehead atoms. The number of benzene rings is 2. The summed E-state index contributed by atoms with van der Waals surface area (Å²) in [6, 6.07) is 7.88. The minimum atomic E-state index is -3.31. The van der Waals surface area contributed by atoms with Crippen molar-refractivity contribution < 1.29 is 26.7 Å².